The molecular formula is C22H29ClN2O3S2. The molecule has 164 valence electrons. The minimum Gasteiger partial charge on any atom is -0.462 e. The van der Waals surface area contributed by atoms with Gasteiger partial charge in [0.2, 0.25) is 0 Å². The predicted octanol–water partition coefficient (Wildman–Crippen LogP) is 5.48. The number of hydrogen-bond acceptors (Lipinski definition) is 6. The van der Waals surface area contributed by atoms with Crippen LogP contribution in [0.1, 0.15) is 58.3 Å². The molecular weight excluding hydrogens is 440 g/mol. The molecule has 0 saturated carbocycles. The molecule has 3 rings (SSSR count). The quantitative estimate of drug-likeness (QED) is 0.410. The lowest BCUT2D eigenvalue weighted by Crippen LogP contribution is -2.30. The third-order valence-electron chi connectivity index (χ3n) is 4.81. The number of amides is 1. The molecule has 2 heterocycles. The lowest BCUT2D eigenvalue weighted by molar-refractivity contribution is 0.0526. The van der Waals surface area contributed by atoms with Gasteiger partial charge in [0.05, 0.1) is 12.2 Å². The van der Waals surface area contributed by atoms with Crippen LogP contribution < -0.4 is 5.32 Å². The van der Waals surface area contributed by atoms with Crippen molar-refractivity contribution in [3.63, 3.8) is 0 Å². The highest BCUT2D eigenvalue weighted by molar-refractivity contribution is 7.99. The highest BCUT2D eigenvalue weighted by Crippen LogP contribution is 2.38. The van der Waals surface area contributed by atoms with E-state index in [0.717, 1.165) is 53.6 Å². The first-order valence-electron chi connectivity index (χ1n) is 10.2. The Labute approximate surface area is 193 Å². The largest absolute Gasteiger partial charge is 0.462 e. The van der Waals surface area contributed by atoms with E-state index in [1.807, 2.05) is 24.3 Å². The second-order valence-electron chi connectivity index (χ2n) is 6.87. The molecule has 1 N–H and O–H groups in total. The van der Waals surface area contributed by atoms with Crippen molar-refractivity contribution in [2.75, 3.05) is 30.8 Å². The van der Waals surface area contributed by atoms with Crippen LogP contribution >= 0.6 is 35.5 Å². The van der Waals surface area contributed by atoms with Crippen molar-refractivity contribution in [2.24, 2.45) is 0 Å². The van der Waals surface area contributed by atoms with Crippen LogP contribution in [0.3, 0.4) is 0 Å². The normalized spacial score (nSPS) is 13.3. The van der Waals surface area contributed by atoms with Gasteiger partial charge < -0.3 is 10.1 Å². The Bertz CT molecular complexity index is 868. The lowest BCUT2D eigenvalue weighted by atomic mass is 10.0. The number of thioether (sulfide) groups is 1. The van der Waals surface area contributed by atoms with Crippen LogP contribution in [0, 0.1) is 0 Å². The summed E-state index contributed by atoms with van der Waals surface area (Å²) in [7, 11) is 0. The number of nitrogens with one attached hydrogen (secondary N) is 1. The molecule has 1 aromatic carbocycles. The zero-order valence-corrected chi connectivity index (χ0v) is 20.1. The first-order valence-corrected chi connectivity index (χ1v) is 12.0. The van der Waals surface area contributed by atoms with Crippen LogP contribution in [0.5, 0.6) is 0 Å². The molecule has 0 radical (unpaired) electrons. The molecule has 0 atom stereocenters. The summed E-state index contributed by atoms with van der Waals surface area (Å²) < 4.78 is 5.30. The topological polar surface area (TPSA) is 58.6 Å². The van der Waals surface area contributed by atoms with Gasteiger partial charge >= 0.3 is 5.97 Å². The predicted molar refractivity (Wildman–Crippen MR) is 128 cm³/mol. The summed E-state index contributed by atoms with van der Waals surface area (Å²) in [6, 6.07) is 7.57. The first-order chi connectivity index (χ1) is 14.1. The summed E-state index contributed by atoms with van der Waals surface area (Å²) >= 11 is 3.24. The molecule has 0 fully saturated rings. The Morgan fingerprint density at radius 2 is 1.93 bits per heavy atom. The number of halogens is 1. The van der Waals surface area contributed by atoms with Gasteiger partial charge in [-0.25, -0.2) is 4.79 Å². The van der Waals surface area contributed by atoms with E-state index in [4.69, 9.17) is 4.74 Å². The molecule has 2 aromatic rings. The molecule has 0 aliphatic carbocycles. The number of hydrogen-bond donors (Lipinski definition) is 1. The number of fused-ring (bicyclic) bond motifs is 1. The van der Waals surface area contributed by atoms with Gasteiger partial charge in [0, 0.05) is 28.4 Å². The Kier molecular flexibility index (Phi) is 9.68. The number of nitrogens with zero attached hydrogens (tertiary/aromatic N) is 1. The fourth-order valence-corrected chi connectivity index (χ4v) is 5.45. The van der Waals surface area contributed by atoms with E-state index in [1.54, 1.807) is 18.7 Å². The summed E-state index contributed by atoms with van der Waals surface area (Å²) in [6.07, 6.45) is 1.90. The molecule has 5 nitrogen and oxygen atoms in total. The summed E-state index contributed by atoms with van der Waals surface area (Å²) in [5.74, 6) is 0.441. The Balaban J connectivity index is 0.00000320. The minimum absolute atomic E-state index is 0. The van der Waals surface area contributed by atoms with Crippen molar-refractivity contribution in [3.8, 4) is 0 Å². The molecule has 0 bridgehead atoms. The lowest BCUT2D eigenvalue weighted by Gasteiger charge is -2.26. The summed E-state index contributed by atoms with van der Waals surface area (Å²) in [4.78, 5) is 30.2. The van der Waals surface area contributed by atoms with Gasteiger partial charge in [-0.05, 0) is 61.9 Å². The third-order valence-corrected chi connectivity index (χ3v) is 6.84. The summed E-state index contributed by atoms with van der Waals surface area (Å²) in [6.45, 7) is 9.17. The van der Waals surface area contributed by atoms with Gasteiger partial charge in [0.25, 0.3) is 5.91 Å². The molecule has 0 spiro atoms. The SMILES string of the molecule is CCCN1CCc2c(sc(NC(=O)c3ccc(SCC)cc3)c2C(=O)OCC)C1.Cl. The highest BCUT2D eigenvalue weighted by Gasteiger charge is 2.29. The van der Waals surface area contributed by atoms with E-state index in [-0.39, 0.29) is 24.3 Å². The monoisotopic (exact) mass is 468 g/mol. The number of carbonyl (C=O) groups is 2. The van der Waals surface area contributed by atoms with Gasteiger partial charge in [0.1, 0.15) is 5.00 Å². The van der Waals surface area contributed by atoms with Gasteiger partial charge in [-0.2, -0.15) is 0 Å². The third kappa shape index (κ3) is 5.78. The number of ether oxygens (including phenoxy) is 1. The second-order valence-corrected chi connectivity index (χ2v) is 9.31. The molecule has 1 aliphatic rings. The van der Waals surface area contributed by atoms with Crippen LogP contribution in [0.25, 0.3) is 0 Å². The van der Waals surface area contributed by atoms with Crippen LogP contribution in [0.4, 0.5) is 5.00 Å². The molecule has 0 saturated heterocycles. The van der Waals surface area contributed by atoms with E-state index in [9.17, 15) is 9.59 Å². The maximum absolute atomic E-state index is 12.8. The molecule has 30 heavy (non-hydrogen) atoms. The van der Waals surface area contributed by atoms with Gasteiger partial charge in [-0.1, -0.05) is 13.8 Å². The van der Waals surface area contributed by atoms with Gasteiger partial charge in [-0.15, -0.1) is 35.5 Å². The average Bonchev–Trinajstić information content (AvgIpc) is 3.06. The van der Waals surface area contributed by atoms with Crippen molar-refractivity contribution >= 4 is 52.4 Å². The van der Waals surface area contributed by atoms with Crippen molar-refractivity contribution in [2.45, 2.75) is 45.1 Å². The Morgan fingerprint density at radius 1 is 1.20 bits per heavy atom. The zero-order chi connectivity index (χ0) is 20.8. The van der Waals surface area contributed by atoms with Crippen LogP contribution in [0.2, 0.25) is 0 Å². The number of rotatable bonds is 8. The number of anilines is 1. The van der Waals surface area contributed by atoms with Crippen LogP contribution in [-0.2, 0) is 17.7 Å². The Morgan fingerprint density at radius 3 is 2.57 bits per heavy atom. The van der Waals surface area contributed by atoms with E-state index in [0.29, 0.717) is 22.7 Å². The van der Waals surface area contributed by atoms with E-state index < -0.39 is 0 Å². The van der Waals surface area contributed by atoms with E-state index in [1.165, 1.54) is 11.3 Å². The zero-order valence-electron chi connectivity index (χ0n) is 17.7. The van der Waals surface area contributed by atoms with E-state index >= 15 is 0 Å². The maximum atomic E-state index is 12.8. The number of thiophene rings is 1. The summed E-state index contributed by atoms with van der Waals surface area (Å²) in [5, 5.41) is 3.58. The molecule has 8 heteroatoms. The summed E-state index contributed by atoms with van der Waals surface area (Å²) in [5.41, 5.74) is 2.15. The number of carbonyl (C=O) groups excluding carboxylic acids is 2. The molecule has 1 amide bonds. The number of benzene rings is 1. The highest BCUT2D eigenvalue weighted by atomic mass is 35.5. The van der Waals surface area contributed by atoms with Crippen LogP contribution in [-0.4, -0.2) is 42.2 Å². The fraction of sp³-hybridized carbons (Fsp3) is 0.455. The average molecular weight is 469 g/mol. The van der Waals surface area contributed by atoms with Crippen LogP contribution in [0.15, 0.2) is 29.2 Å². The standard InChI is InChI=1S/C22H28N2O3S2.ClH/c1-4-12-24-13-11-17-18(14-24)29-21(19(17)22(26)27-5-2)23-20(25)15-7-9-16(10-8-15)28-6-3;/h7-10H,4-6,11-14H2,1-3H3,(H,23,25);1H. The van der Waals surface area contributed by atoms with Crippen molar-refractivity contribution in [1.82, 2.24) is 4.90 Å². The van der Waals surface area contributed by atoms with Crippen molar-refractivity contribution in [1.29, 1.82) is 0 Å². The Hall–Kier alpha value is -1.54. The molecule has 1 aliphatic heterocycles. The first kappa shape index (κ1) is 24.7. The molecule has 1 aromatic heterocycles. The molecule has 0 unspecified atom stereocenters. The maximum Gasteiger partial charge on any atom is 0.341 e. The fourth-order valence-electron chi connectivity index (χ4n) is 3.52. The van der Waals surface area contributed by atoms with Crippen molar-refractivity contribution in [3.05, 3.63) is 45.8 Å². The number of esters is 1. The van der Waals surface area contributed by atoms with Gasteiger partial charge in [0.15, 0.2) is 0 Å². The minimum atomic E-state index is -0.348. The van der Waals surface area contributed by atoms with E-state index in [2.05, 4.69) is 24.1 Å². The smallest absolute Gasteiger partial charge is 0.341 e. The van der Waals surface area contributed by atoms with Gasteiger partial charge in [-0.3, -0.25) is 9.69 Å². The second kappa shape index (κ2) is 11.7. The van der Waals surface area contributed by atoms with Crippen molar-refractivity contribution < 1.29 is 14.3 Å².